The number of nitrogens with one attached hydrogen (secondary N) is 1. The number of nitrogens with zero attached hydrogens (tertiary/aromatic N) is 3. The van der Waals surface area contributed by atoms with Crippen molar-refractivity contribution in [2.24, 2.45) is 5.84 Å². The summed E-state index contributed by atoms with van der Waals surface area (Å²) in [6.07, 6.45) is 4.89. The Morgan fingerprint density at radius 2 is 1.89 bits per heavy atom. The molecule has 1 atom stereocenters. The molecule has 0 spiro atoms. The van der Waals surface area contributed by atoms with E-state index in [-0.39, 0.29) is 0 Å². The number of hydrogen-bond donors (Lipinski definition) is 3. The van der Waals surface area contributed by atoms with E-state index < -0.39 is 6.04 Å². The maximum absolute atomic E-state index is 5.90. The third-order valence-corrected chi connectivity index (χ3v) is 2.66. The van der Waals surface area contributed by atoms with Crippen molar-refractivity contribution in [2.75, 3.05) is 5.73 Å². The normalized spacial score (nSPS) is 12.4. The van der Waals surface area contributed by atoms with Gasteiger partial charge in [0.2, 0.25) is 0 Å². The lowest BCUT2D eigenvalue weighted by atomic mass is 10.1. The number of aryl methyl sites for hydroxylation is 1. The molecule has 0 amide bonds. The van der Waals surface area contributed by atoms with Gasteiger partial charge in [0.05, 0.1) is 5.02 Å². The average molecular weight is 265 g/mol. The Bertz CT molecular complexity index is 542. The van der Waals surface area contributed by atoms with Gasteiger partial charge in [-0.15, -0.1) is 0 Å². The molecule has 2 aromatic heterocycles. The molecule has 0 fully saturated rings. The maximum Gasteiger partial charge on any atom is 0.151 e. The first kappa shape index (κ1) is 12.7. The number of pyridine rings is 1. The maximum atomic E-state index is 5.90. The zero-order valence-corrected chi connectivity index (χ0v) is 10.5. The zero-order valence-electron chi connectivity index (χ0n) is 9.76. The van der Waals surface area contributed by atoms with Gasteiger partial charge in [-0.3, -0.25) is 5.84 Å². The molecule has 0 saturated heterocycles. The van der Waals surface area contributed by atoms with E-state index in [1.807, 2.05) is 6.92 Å². The second kappa shape index (κ2) is 5.26. The predicted molar refractivity (Wildman–Crippen MR) is 69.6 cm³/mol. The van der Waals surface area contributed by atoms with E-state index in [0.717, 1.165) is 5.56 Å². The van der Waals surface area contributed by atoms with Crippen LogP contribution in [-0.4, -0.2) is 15.0 Å². The highest BCUT2D eigenvalue weighted by Crippen LogP contribution is 2.25. The topological polar surface area (TPSA) is 103 Å². The molecular formula is C11H13ClN6. The summed E-state index contributed by atoms with van der Waals surface area (Å²) in [4.78, 5) is 12.4. The summed E-state index contributed by atoms with van der Waals surface area (Å²) in [6.45, 7) is 1.91. The molecule has 18 heavy (non-hydrogen) atoms. The molecule has 94 valence electrons. The lowest BCUT2D eigenvalue weighted by molar-refractivity contribution is 0.600. The van der Waals surface area contributed by atoms with Gasteiger partial charge < -0.3 is 5.73 Å². The van der Waals surface area contributed by atoms with Crippen LogP contribution in [0.2, 0.25) is 5.02 Å². The van der Waals surface area contributed by atoms with Gasteiger partial charge in [-0.25, -0.2) is 20.4 Å². The predicted octanol–water partition coefficient (Wildman–Crippen LogP) is 0.968. The van der Waals surface area contributed by atoms with Gasteiger partial charge in [-0.2, -0.15) is 0 Å². The highest BCUT2D eigenvalue weighted by atomic mass is 35.5. The van der Waals surface area contributed by atoms with Crippen LogP contribution in [0, 0.1) is 6.92 Å². The summed E-state index contributed by atoms with van der Waals surface area (Å²) in [7, 11) is 0. The molecule has 0 saturated carbocycles. The number of anilines is 1. The zero-order chi connectivity index (χ0) is 13.1. The van der Waals surface area contributed by atoms with Crippen LogP contribution in [0.1, 0.15) is 23.0 Å². The third kappa shape index (κ3) is 2.56. The molecule has 2 heterocycles. The quantitative estimate of drug-likeness (QED) is 0.564. The highest BCUT2D eigenvalue weighted by molar-refractivity contribution is 6.30. The van der Waals surface area contributed by atoms with E-state index in [0.29, 0.717) is 22.2 Å². The first-order valence-electron chi connectivity index (χ1n) is 5.27. The van der Waals surface area contributed by atoms with E-state index in [2.05, 4.69) is 20.4 Å². The fourth-order valence-corrected chi connectivity index (χ4v) is 1.72. The van der Waals surface area contributed by atoms with Gasteiger partial charge in [0, 0.05) is 24.2 Å². The summed E-state index contributed by atoms with van der Waals surface area (Å²) in [5.41, 5.74) is 10.0. The lowest BCUT2D eigenvalue weighted by Gasteiger charge is -2.16. The molecule has 0 aliphatic carbocycles. The van der Waals surface area contributed by atoms with E-state index in [1.54, 1.807) is 18.5 Å². The smallest absolute Gasteiger partial charge is 0.151 e. The minimum Gasteiger partial charge on any atom is -0.383 e. The molecule has 1 unspecified atom stereocenters. The molecular weight excluding hydrogens is 252 g/mol. The second-order valence-corrected chi connectivity index (χ2v) is 4.28. The first-order valence-corrected chi connectivity index (χ1v) is 5.65. The summed E-state index contributed by atoms with van der Waals surface area (Å²) in [5, 5.41) is 0.478. The summed E-state index contributed by atoms with van der Waals surface area (Å²) >= 11 is 5.90. The van der Waals surface area contributed by atoms with Crippen molar-refractivity contribution >= 4 is 17.4 Å². The van der Waals surface area contributed by atoms with Crippen molar-refractivity contribution in [3.8, 4) is 0 Å². The van der Waals surface area contributed by atoms with E-state index >= 15 is 0 Å². The van der Waals surface area contributed by atoms with Crippen molar-refractivity contribution in [1.82, 2.24) is 20.4 Å². The molecule has 2 aromatic rings. The summed E-state index contributed by atoms with van der Waals surface area (Å²) < 4.78 is 0. The molecule has 7 heteroatoms. The van der Waals surface area contributed by atoms with Crippen molar-refractivity contribution in [3.63, 3.8) is 0 Å². The van der Waals surface area contributed by atoms with Crippen LogP contribution in [0.4, 0.5) is 5.82 Å². The number of nitrogen functional groups attached to an aromatic ring is 1. The second-order valence-electron chi connectivity index (χ2n) is 3.85. The fraction of sp³-hybridized carbons (Fsp3) is 0.182. The van der Waals surface area contributed by atoms with E-state index in [4.69, 9.17) is 23.2 Å². The Morgan fingerprint density at radius 3 is 2.50 bits per heavy atom. The van der Waals surface area contributed by atoms with Gasteiger partial charge in [0.1, 0.15) is 11.9 Å². The Balaban J connectivity index is 2.44. The van der Waals surface area contributed by atoms with Crippen LogP contribution in [0.3, 0.4) is 0 Å². The van der Waals surface area contributed by atoms with Crippen LogP contribution in [0.25, 0.3) is 0 Å². The fourth-order valence-electron chi connectivity index (χ4n) is 1.55. The van der Waals surface area contributed by atoms with Crippen molar-refractivity contribution in [3.05, 3.63) is 46.6 Å². The minimum atomic E-state index is -0.447. The molecule has 6 nitrogen and oxygen atoms in total. The highest BCUT2D eigenvalue weighted by Gasteiger charge is 2.19. The van der Waals surface area contributed by atoms with Crippen LogP contribution in [0.5, 0.6) is 0 Å². The monoisotopic (exact) mass is 264 g/mol. The Labute approximate surface area is 109 Å². The molecule has 2 rings (SSSR count). The van der Waals surface area contributed by atoms with Crippen molar-refractivity contribution in [2.45, 2.75) is 13.0 Å². The van der Waals surface area contributed by atoms with Gasteiger partial charge in [0.15, 0.2) is 5.82 Å². The Kier molecular flexibility index (Phi) is 3.71. The van der Waals surface area contributed by atoms with Crippen LogP contribution in [0.15, 0.2) is 24.7 Å². The lowest BCUT2D eigenvalue weighted by Crippen LogP contribution is -2.31. The average Bonchev–Trinajstić information content (AvgIpc) is 2.37. The van der Waals surface area contributed by atoms with Gasteiger partial charge in [0.25, 0.3) is 0 Å². The molecule has 0 aliphatic rings. The molecule has 0 aliphatic heterocycles. The van der Waals surface area contributed by atoms with Crippen LogP contribution < -0.4 is 17.0 Å². The number of hydrogen-bond acceptors (Lipinski definition) is 6. The Morgan fingerprint density at radius 1 is 1.22 bits per heavy atom. The number of hydrazine groups is 1. The van der Waals surface area contributed by atoms with Crippen LogP contribution in [-0.2, 0) is 0 Å². The van der Waals surface area contributed by atoms with Gasteiger partial charge in [-0.1, -0.05) is 11.6 Å². The number of rotatable bonds is 3. The summed E-state index contributed by atoms with van der Waals surface area (Å²) in [5.74, 6) is 6.39. The molecule has 5 N–H and O–H groups in total. The molecule has 0 radical (unpaired) electrons. The standard InChI is InChI=1S/C11H13ClN6/c1-6-3-16-11(17-4-6)9(18-14)8-2-7(12)5-15-10(8)13/h2-5,9,18H,14H2,1H3,(H2,13,15). The number of aromatic nitrogens is 3. The Hall–Kier alpha value is -1.76. The third-order valence-electron chi connectivity index (χ3n) is 2.45. The summed E-state index contributed by atoms with van der Waals surface area (Å²) in [6, 6.07) is 1.24. The number of nitrogens with two attached hydrogens (primary N) is 2. The first-order chi connectivity index (χ1) is 8.61. The minimum absolute atomic E-state index is 0.339. The van der Waals surface area contributed by atoms with Crippen molar-refractivity contribution in [1.29, 1.82) is 0 Å². The molecule has 0 aromatic carbocycles. The van der Waals surface area contributed by atoms with Crippen molar-refractivity contribution < 1.29 is 0 Å². The largest absolute Gasteiger partial charge is 0.383 e. The van der Waals surface area contributed by atoms with E-state index in [1.165, 1.54) is 6.20 Å². The SMILES string of the molecule is Cc1cnc(C(NN)c2cc(Cl)cnc2N)nc1. The van der Waals surface area contributed by atoms with Crippen LogP contribution >= 0.6 is 11.6 Å². The molecule has 0 bridgehead atoms. The van der Waals surface area contributed by atoms with E-state index in [9.17, 15) is 0 Å². The van der Waals surface area contributed by atoms with Gasteiger partial charge >= 0.3 is 0 Å². The number of halogens is 1. The van der Waals surface area contributed by atoms with Gasteiger partial charge in [-0.05, 0) is 18.6 Å².